The van der Waals surface area contributed by atoms with Crippen LogP contribution in [0, 0.1) is 0 Å². The zero-order valence-electron chi connectivity index (χ0n) is 11.0. The molecule has 2 rings (SSSR count). The van der Waals surface area contributed by atoms with E-state index in [4.69, 9.17) is 9.31 Å². The van der Waals surface area contributed by atoms with E-state index in [1.807, 2.05) is 18.3 Å². The van der Waals surface area contributed by atoms with Crippen LogP contribution in [0.5, 0.6) is 0 Å². The molecular weight excluding hydrogens is 203 g/mol. The molecule has 2 aliphatic heterocycles. The summed E-state index contributed by atoms with van der Waals surface area (Å²) in [6.07, 6.45) is 2.00. The fraction of sp³-hybridized carbons (Fsp3) is 0.818. The molecule has 1 fully saturated rings. The topological polar surface area (TPSA) is 33.7 Å². The Bertz CT molecular complexity index is 312. The van der Waals surface area contributed by atoms with E-state index in [9.17, 15) is 0 Å². The van der Waals surface area contributed by atoms with Crippen LogP contribution in [0.2, 0.25) is 0 Å². The van der Waals surface area contributed by atoms with Crippen LogP contribution in [-0.4, -0.2) is 36.3 Å². The molecule has 5 heteroatoms. The van der Waals surface area contributed by atoms with Crippen molar-refractivity contribution in [3.8, 4) is 0 Å². The summed E-state index contributed by atoms with van der Waals surface area (Å²) in [5.41, 5.74) is 3.87. The number of nitrogens with one attached hydrogen (secondary N) is 1. The molecule has 0 aromatic carbocycles. The lowest BCUT2D eigenvalue weighted by molar-refractivity contribution is 0.00578. The molecule has 0 amide bonds. The maximum absolute atomic E-state index is 6.04. The Labute approximate surface area is 98.1 Å². The molecule has 1 atom stereocenters. The average Bonchev–Trinajstić information content (AvgIpc) is 2.52. The third kappa shape index (κ3) is 1.67. The average molecular weight is 224 g/mol. The lowest BCUT2D eigenvalue weighted by atomic mass is 9.75. The Hall–Kier alpha value is -0.515. The maximum atomic E-state index is 6.04. The molecule has 0 saturated carbocycles. The van der Waals surface area contributed by atoms with E-state index >= 15 is 0 Å². The van der Waals surface area contributed by atoms with Crippen LogP contribution in [0.1, 0.15) is 34.6 Å². The molecular formula is C11H21BN2O2. The van der Waals surface area contributed by atoms with Gasteiger partial charge in [-0.25, -0.2) is 5.01 Å². The summed E-state index contributed by atoms with van der Waals surface area (Å²) >= 11 is 0. The van der Waals surface area contributed by atoms with Crippen molar-refractivity contribution in [2.24, 2.45) is 0 Å². The summed E-state index contributed by atoms with van der Waals surface area (Å²) in [5, 5.41) is 2.03. The van der Waals surface area contributed by atoms with Crippen LogP contribution in [0.25, 0.3) is 0 Å². The lowest BCUT2D eigenvalue weighted by Crippen LogP contribution is -2.47. The number of hydrogen-bond donors (Lipinski definition) is 1. The molecule has 1 N–H and O–H groups in total. The Morgan fingerprint density at radius 3 is 2.12 bits per heavy atom. The first-order valence-corrected chi connectivity index (χ1v) is 5.76. The van der Waals surface area contributed by atoms with E-state index in [-0.39, 0.29) is 24.3 Å². The molecule has 0 radical (unpaired) electrons. The van der Waals surface area contributed by atoms with Crippen molar-refractivity contribution in [2.45, 2.75) is 51.8 Å². The van der Waals surface area contributed by atoms with Gasteiger partial charge in [0.1, 0.15) is 0 Å². The molecule has 0 spiro atoms. The summed E-state index contributed by atoms with van der Waals surface area (Å²) in [5.74, 6) is 0.154. The molecule has 4 nitrogen and oxygen atoms in total. The summed E-state index contributed by atoms with van der Waals surface area (Å²) in [6.45, 7) is 10.4. The van der Waals surface area contributed by atoms with E-state index in [1.54, 1.807) is 0 Å². The van der Waals surface area contributed by atoms with E-state index in [2.05, 4.69) is 40.0 Å². The fourth-order valence-corrected chi connectivity index (χ4v) is 2.09. The monoisotopic (exact) mass is 224 g/mol. The Balaban J connectivity index is 2.18. The molecule has 2 heterocycles. The van der Waals surface area contributed by atoms with E-state index in [1.165, 1.54) is 5.57 Å². The predicted octanol–water partition coefficient (Wildman–Crippen LogP) is 1.34. The molecule has 16 heavy (non-hydrogen) atoms. The molecule has 1 unspecified atom stereocenters. The van der Waals surface area contributed by atoms with Crippen LogP contribution < -0.4 is 5.43 Å². The van der Waals surface area contributed by atoms with Gasteiger partial charge in [-0.05, 0) is 40.2 Å². The van der Waals surface area contributed by atoms with Crippen LogP contribution in [0.4, 0.5) is 0 Å². The lowest BCUT2D eigenvalue weighted by Gasteiger charge is -2.32. The Morgan fingerprint density at radius 1 is 1.25 bits per heavy atom. The van der Waals surface area contributed by atoms with Crippen LogP contribution in [-0.2, 0) is 9.31 Å². The summed E-state index contributed by atoms with van der Waals surface area (Å²) < 4.78 is 12.1. The number of hydrogen-bond acceptors (Lipinski definition) is 4. The van der Waals surface area contributed by atoms with E-state index in [0.717, 1.165) is 0 Å². The Kier molecular flexibility index (Phi) is 2.61. The van der Waals surface area contributed by atoms with Crippen molar-refractivity contribution in [1.82, 2.24) is 10.4 Å². The van der Waals surface area contributed by atoms with E-state index < -0.39 is 0 Å². The molecule has 2 aliphatic rings. The highest BCUT2D eigenvalue weighted by molar-refractivity contribution is 6.48. The normalized spacial score (nSPS) is 32.8. The highest BCUT2D eigenvalue weighted by atomic mass is 16.7. The smallest absolute Gasteiger partial charge is 0.402 e. The van der Waals surface area contributed by atoms with Crippen LogP contribution in [0.3, 0.4) is 0 Å². The standard InChI is InChI=1S/C11H21BN2O2/c1-8-7-13-14(6)9(8)12-15-10(2,3)11(4,5)16-12/h7,9,13H,1-6H3. The Morgan fingerprint density at radius 2 is 1.75 bits per heavy atom. The maximum Gasteiger partial charge on any atom is 0.482 e. The van der Waals surface area contributed by atoms with Gasteiger partial charge in [-0.2, -0.15) is 0 Å². The number of likely N-dealkylation sites (N-methyl/N-ethyl adjacent to an activating group) is 1. The van der Waals surface area contributed by atoms with Crippen molar-refractivity contribution in [1.29, 1.82) is 0 Å². The third-order valence-electron chi connectivity index (χ3n) is 3.91. The molecule has 0 bridgehead atoms. The minimum Gasteiger partial charge on any atom is -0.402 e. The summed E-state index contributed by atoms with van der Waals surface area (Å²) in [7, 11) is 1.80. The van der Waals surface area contributed by atoms with Gasteiger partial charge in [-0.15, -0.1) is 0 Å². The third-order valence-corrected chi connectivity index (χ3v) is 3.91. The van der Waals surface area contributed by atoms with Crippen molar-refractivity contribution >= 4 is 7.12 Å². The minimum absolute atomic E-state index is 0.154. The molecule has 0 aliphatic carbocycles. The minimum atomic E-state index is -0.263. The predicted molar refractivity (Wildman–Crippen MR) is 64.5 cm³/mol. The molecule has 90 valence electrons. The fourth-order valence-electron chi connectivity index (χ4n) is 2.09. The first-order chi connectivity index (χ1) is 7.24. The van der Waals surface area contributed by atoms with Gasteiger partial charge in [0.15, 0.2) is 0 Å². The van der Waals surface area contributed by atoms with Crippen molar-refractivity contribution in [3.05, 3.63) is 11.8 Å². The first kappa shape index (κ1) is 12.0. The van der Waals surface area contributed by atoms with Gasteiger partial charge >= 0.3 is 7.12 Å². The number of nitrogens with zero attached hydrogens (tertiary/aromatic N) is 1. The van der Waals surface area contributed by atoms with Crippen LogP contribution in [0.15, 0.2) is 11.8 Å². The van der Waals surface area contributed by atoms with Gasteiger partial charge in [0.05, 0.1) is 17.1 Å². The second-order valence-electron chi connectivity index (χ2n) is 5.70. The SMILES string of the molecule is CC1=CNN(C)C1B1OC(C)(C)C(C)(C)O1. The van der Waals surface area contributed by atoms with Crippen molar-refractivity contribution in [2.75, 3.05) is 7.05 Å². The van der Waals surface area contributed by atoms with Gasteiger partial charge in [0.2, 0.25) is 0 Å². The zero-order valence-corrected chi connectivity index (χ0v) is 11.0. The van der Waals surface area contributed by atoms with Crippen LogP contribution >= 0.6 is 0 Å². The second-order valence-corrected chi connectivity index (χ2v) is 5.70. The molecule has 0 aromatic rings. The summed E-state index contributed by atoms with van der Waals surface area (Å²) in [6, 6.07) is 0. The van der Waals surface area contributed by atoms with Gasteiger partial charge in [-0.1, -0.05) is 0 Å². The molecule has 1 saturated heterocycles. The van der Waals surface area contributed by atoms with Crippen molar-refractivity contribution in [3.63, 3.8) is 0 Å². The van der Waals surface area contributed by atoms with Gasteiger partial charge < -0.3 is 14.7 Å². The highest BCUT2D eigenvalue weighted by Gasteiger charge is 2.55. The molecule has 0 aromatic heterocycles. The second kappa shape index (κ2) is 3.49. The van der Waals surface area contributed by atoms with Gasteiger partial charge in [0, 0.05) is 13.2 Å². The largest absolute Gasteiger partial charge is 0.482 e. The van der Waals surface area contributed by atoms with E-state index in [0.29, 0.717) is 0 Å². The van der Waals surface area contributed by atoms with Gasteiger partial charge in [0.25, 0.3) is 0 Å². The number of hydrazine groups is 1. The highest BCUT2D eigenvalue weighted by Crippen LogP contribution is 2.39. The quantitative estimate of drug-likeness (QED) is 0.681. The number of rotatable bonds is 1. The van der Waals surface area contributed by atoms with Crippen molar-refractivity contribution < 1.29 is 9.31 Å². The van der Waals surface area contributed by atoms with Gasteiger partial charge in [-0.3, -0.25) is 0 Å². The first-order valence-electron chi connectivity index (χ1n) is 5.76. The summed E-state index contributed by atoms with van der Waals surface area (Å²) in [4.78, 5) is 0. The zero-order chi connectivity index (χ0) is 12.1.